The van der Waals surface area contributed by atoms with E-state index in [1.807, 2.05) is 24.3 Å². The van der Waals surface area contributed by atoms with Crippen LogP contribution in [0.1, 0.15) is 24.4 Å². The molecule has 0 unspecified atom stereocenters. The molecule has 1 atom stereocenters. The van der Waals surface area contributed by atoms with E-state index in [0.29, 0.717) is 43.5 Å². The average Bonchev–Trinajstić information content (AvgIpc) is 3.16. The molecule has 1 saturated heterocycles. The largest absolute Gasteiger partial charge is 0.492 e. The molecule has 150 valence electrons. The first-order valence-corrected chi connectivity index (χ1v) is 9.46. The van der Waals surface area contributed by atoms with Crippen LogP contribution in [0.4, 0.5) is 0 Å². The molecular formula is C19H23ClN4O4. The van der Waals surface area contributed by atoms with Crippen molar-refractivity contribution in [2.45, 2.75) is 19.4 Å². The van der Waals surface area contributed by atoms with Crippen LogP contribution in [0.15, 0.2) is 30.3 Å². The standard InChI is InChI=1S/C19H23ClN4O4/c1-13(25)21-11-19(26)24-7-9-28-18(12-24)16-10-14(22-23-16)6-8-27-17-5-3-2-4-15(17)20/h2-5,10,18H,6-9,11-12H2,1H3,(H,21,25)(H,22,23)/t18-/m0/s1. The number of rotatable bonds is 7. The van der Waals surface area contributed by atoms with Crippen molar-refractivity contribution in [3.8, 4) is 5.75 Å². The molecule has 0 radical (unpaired) electrons. The van der Waals surface area contributed by atoms with Crippen molar-refractivity contribution in [1.29, 1.82) is 0 Å². The van der Waals surface area contributed by atoms with Crippen molar-refractivity contribution >= 4 is 23.4 Å². The van der Waals surface area contributed by atoms with Gasteiger partial charge in [-0.15, -0.1) is 0 Å². The molecule has 9 heteroatoms. The molecule has 0 bridgehead atoms. The summed E-state index contributed by atoms with van der Waals surface area (Å²) in [7, 11) is 0. The van der Waals surface area contributed by atoms with E-state index in [9.17, 15) is 9.59 Å². The van der Waals surface area contributed by atoms with Gasteiger partial charge in [-0.05, 0) is 18.2 Å². The van der Waals surface area contributed by atoms with Crippen LogP contribution < -0.4 is 10.1 Å². The van der Waals surface area contributed by atoms with Crippen molar-refractivity contribution in [2.24, 2.45) is 0 Å². The predicted molar refractivity (Wildman–Crippen MR) is 103 cm³/mol. The lowest BCUT2D eigenvalue weighted by molar-refractivity contribution is -0.139. The van der Waals surface area contributed by atoms with Gasteiger partial charge in [-0.3, -0.25) is 14.7 Å². The van der Waals surface area contributed by atoms with Crippen molar-refractivity contribution < 1.29 is 19.1 Å². The van der Waals surface area contributed by atoms with Crippen molar-refractivity contribution in [2.75, 3.05) is 32.8 Å². The van der Waals surface area contributed by atoms with E-state index in [0.717, 1.165) is 11.4 Å². The maximum absolute atomic E-state index is 12.2. The first-order chi connectivity index (χ1) is 13.5. The normalized spacial score (nSPS) is 16.6. The Morgan fingerprint density at radius 1 is 1.43 bits per heavy atom. The fraction of sp³-hybridized carbons (Fsp3) is 0.421. The zero-order valence-electron chi connectivity index (χ0n) is 15.6. The number of aromatic amines is 1. The Hall–Kier alpha value is -2.58. The van der Waals surface area contributed by atoms with Gasteiger partial charge in [0.15, 0.2) is 0 Å². The zero-order chi connectivity index (χ0) is 19.9. The van der Waals surface area contributed by atoms with Gasteiger partial charge in [-0.1, -0.05) is 23.7 Å². The van der Waals surface area contributed by atoms with Crippen LogP contribution in [-0.2, 0) is 20.7 Å². The highest BCUT2D eigenvalue weighted by Gasteiger charge is 2.27. The molecule has 2 aromatic rings. The summed E-state index contributed by atoms with van der Waals surface area (Å²) in [6.45, 7) is 3.16. The molecule has 2 heterocycles. The third kappa shape index (κ3) is 5.46. The van der Waals surface area contributed by atoms with E-state index in [4.69, 9.17) is 21.1 Å². The summed E-state index contributed by atoms with van der Waals surface area (Å²) in [5, 5.41) is 10.4. The summed E-state index contributed by atoms with van der Waals surface area (Å²) < 4.78 is 11.5. The highest BCUT2D eigenvalue weighted by Crippen LogP contribution is 2.24. The number of amides is 2. The van der Waals surface area contributed by atoms with Gasteiger partial charge in [0.2, 0.25) is 11.8 Å². The van der Waals surface area contributed by atoms with Crippen LogP contribution in [-0.4, -0.2) is 59.8 Å². The summed E-state index contributed by atoms with van der Waals surface area (Å²) in [6.07, 6.45) is 0.334. The van der Waals surface area contributed by atoms with Gasteiger partial charge in [0.25, 0.3) is 0 Å². The summed E-state index contributed by atoms with van der Waals surface area (Å²) in [5.74, 6) is 0.286. The second-order valence-electron chi connectivity index (χ2n) is 6.46. The average molecular weight is 407 g/mol. The van der Waals surface area contributed by atoms with Crippen molar-refractivity contribution in [3.05, 3.63) is 46.7 Å². The van der Waals surface area contributed by atoms with Gasteiger partial charge >= 0.3 is 0 Å². The van der Waals surface area contributed by atoms with Crippen LogP contribution in [0.5, 0.6) is 5.75 Å². The summed E-state index contributed by atoms with van der Waals surface area (Å²) in [4.78, 5) is 24.8. The predicted octanol–water partition coefficient (Wildman–Crippen LogP) is 1.72. The monoisotopic (exact) mass is 406 g/mol. The number of H-pyrrole nitrogens is 1. The molecule has 3 rings (SSSR count). The number of nitrogens with zero attached hydrogens (tertiary/aromatic N) is 2. The van der Waals surface area contributed by atoms with E-state index in [-0.39, 0.29) is 24.5 Å². The van der Waals surface area contributed by atoms with Crippen LogP contribution in [0.25, 0.3) is 0 Å². The minimum Gasteiger partial charge on any atom is -0.492 e. The topological polar surface area (TPSA) is 96.5 Å². The van der Waals surface area contributed by atoms with E-state index in [1.54, 1.807) is 11.0 Å². The quantitative estimate of drug-likeness (QED) is 0.729. The Morgan fingerprint density at radius 2 is 2.25 bits per heavy atom. The molecule has 2 amide bonds. The third-order valence-electron chi connectivity index (χ3n) is 4.35. The van der Waals surface area contributed by atoms with Crippen molar-refractivity contribution in [3.63, 3.8) is 0 Å². The lowest BCUT2D eigenvalue weighted by Gasteiger charge is -2.32. The molecule has 0 aliphatic carbocycles. The number of ether oxygens (including phenoxy) is 2. The number of nitrogens with one attached hydrogen (secondary N) is 2. The second kappa shape index (κ2) is 9.57. The minimum absolute atomic E-state index is 0.00669. The Balaban J connectivity index is 1.50. The Bertz CT molecular complexity index is 826. The van der Waals surface area contributed by atoms with Gasteiger partial charge in [-0.25, -0.2) is 0 Å². The fourth-order valence-corrected chi connectivity index (χ4v) is 3.06. The molecule has 2 N–H and O–H groups in total. The van der Waals surface area contributed by atoms with Gasteiger partial charge in [0, 0.05) is 25.6 Å². The second-order valence-corrected chi connectivity index (χ2v) is 6.86. The fourth-order valence-electron chi connectivity index (χ4n) is 2.87. The van der Waals surface area contributed by atoms with E-state index in [2.05, 4.69) is 15.5 Å². The van der Waals surface area contributed by atoms with Gasteiger partial charge in [0.05, 0.1) is 37.0 Å². The number of aromatic nitrogens is 2. The van der Waals surface area contributed by atoms with Crippen LogP contribution in [0.2, 0.25) is 5.02 Å². The van der Waals surface area contributed by atoms with Gasteiger partial charge in [-0.2, -0.15) is 5.10 Å². The molecule has 1 aromatic heterocycles. The molecule has 1 fully saturated rings. The molecule has 0 saturated carbocycles. The van der Waals surface area contributed by atoms with E-state index in [1.165, 1.54) is 6.92 Å². The first kappa shape index (κ1) is 20.2. The number of hydrogen-bond donors (Lipinski definition) is 2. The summed E-state index contributed by atoms with van der Waals surface area (Å²) in [6, 6.07) is 9.25. The minimum atomic E-state index is -0.301. The van der Waals surface area contributed by atoms with Gasteiger partial charge < -0.3 is 19.7 Å². The third-order valence-corrected chi connectivity index (χ3v) is 4.67. The lowest BCUT2D eigenvalue weighted by Crippen LogP contribution is -2.46. The maximum Gasteiger partial charge on any atom is 0.242 e. The molecule has 0 spiro atoms. The number of morpholine rings is 1. The number of benzene rings is 1. The molecule has 8 nitrogen and oxygen atoms in total. The number of para-hydroxylation sites is 1. The van der Waals surface area contributed by atoms with Crippen molar-refractivity contribution in [1.82, 2.24) is 20.4 Å². The van der Waals surface area contributed by atoms with Crippen LogP contribution in [0.3, 0.4) is 0 Å². The molecule has 1 aromatic carbocycles. The highest BCUT2D eigenvalue weighted by molar-refractivity contribution is 6.32. The Kier molecular flexibility index (Phi) is 6.89. The first-order valence-electron chi connectivity index (χ1n) is 9.08. The van der Waals surface area contributed by atoms with Gasteiger partial charge in [0.1, 0.15) is 11.9 Å². The number of carbonyl (C=O) groups is 2. The number of hydrogen-bond acceptors (Lipinski definition) is 5. The molecule has 28 heavy (non-hydrogen) atoms. The Morgan fingerprint density at radius 3 is 3.04 bits per heavy atom. The van der Waals surface area contributed by atoms with E-state index < -0.39 is 0 Å². The van der Waals surface area contributed by atoms with E-state index >= 15 is 0 Å². The number of carbonyl (C=O) groups excluding carboxylic acids is 2. The number of halogens is 1. The van der Waals surface area contributed by atoms with Crippen LogP contribution >= 0.6 is 11.6 Å². The SMILES string of the molecule is CC(=O)NCC(=O)N1CCO[C@H](c2cc(CCOc3ccccc3Cl)[nH]n2)C1. The smallest absolute Gasteiger partial charge is 0.242 e. The summed E-state index contributed by atoms with van der Waals surface area (Å²) in [5.41, 5.74) is 1.65. The lowest BCUT2D eigenvalue weighted by atomic mass is 10.2. The molecular weight excluding hydrogens is 384 g/mol. The maximum atomic E-state index is 12.2. The van der Waals surface area contributed by atoms with Crippen LogP contribution in [0, 0.1) is 0 Å². The summed E-state index contributed by atoms with van der Waals surface area (Å²) >= 11 is 6.07. The highest BCUT2D eigenvalue weighted by atomic mass is 35.5. The molecule has 1 aliphatic heterocycles. The Labute approximate surface area is 168 Å². The zero-order valence-corrected chi connectivity index (χ0v) is 16.4. The molecule has 1 aliphatic rings.